The second-order valence-electron chi connectivity index (χ2n) is 4.38. The average molecular weight is 250 g/mol. The molecule has 100 valence electrons. The number of rotatable bonds is 7. The van der Waals surface area contributed by atoms with E-state index in [1.165, 1.54) is 0 Å². The van der Waals surface area contributed by atoms with Crippen molar-refractivity contribution in [3.05, 3.63) is 35.4 Å². The quantitative estimate of drug-likeness (QED) is 0.459. The van der Waals surface area contributed by atoms with Gasteiger partial charge in [-0.2, -0.15) is 0 Å². The van der Waals surface area contributed by atoms with Gasteiger partial charge in [0.05, 0.1) is 5.56 Å². The third-order valence-electron chi connectivity index (χ3n) is 2.88. The van der Waals surface area contributed by atoms with Crippen LogP contribution in [-0.2, 0) is 11.2 Å². The molecule has 0 aromatic heterocycles. The van der Waals surface area contributed by atoms with Crippen LogP contribution in [0.25, 0.3) is 0 Å². The van der Waals surface area contributed by atoms with E-state index in [-0.39, 0.29) is 0 Å². The first kappa shape index (κ1) is 14.7. The lowest BCUT2D eigenvalue weighted by Gasteiger charge is -2.12. The van der Waals surface area contributed by atoms with Crippen LogP contribution in [0.3, 0.4) is 0 Å². The lowest BCUT2D eigenvalue weighted by atomic mass is 10.0. The van der Waals surface area contributed by atoms with E-state index >= 15 is 0 Å². The summed E-state index contributed by atoms with van der Waals surface area (Å²) < 4.78 is 4.95. The standard InChI is InChI=1S/C15H22O3/c1-3-5-6-9-12-10-7-8-11-13(12)15(17)18-14(16)4-2/h7-8,10-11,14,16H,3-6,9H2,1-2H3. The van der Waals surface area contributed by atoms with Crippen molar-refractivity contribution in [3.8, 4) is 0 Å². The van der Waals surface area contributed by atoms with Gasteiger partial charge in [-0.15, -0.1) is 0 Å². The summed E-state index contributed by atoms with van der Waals surface area (Å²) >= 11 is 0. The second-order valence-corrected chi connectivity index (χ2v) is 4.38. The van der Waals surface area contributed by atoms with E-state index in [4.69, 9.17) is 4.74 Å². The SMILES string of the molecule is CCCCCc1ccccc1C(=O)OC(O)CC. The molecule has 18 heavy (non-hydrogen) atoms. The zero-order chi connectivity index (χ0) is 13.4. The Morgan fingerprint density at radius 1 is 1.28 bits per heavy atom. The Hall–Kier alpha value is -1.35. The molecule has 3 nitrogen and oxygen atoms in total. The summed E-state index contributed by atoms with van der Waals surface area (Å²) in [7, 11) is 0. The van der Waals surface area contributed by atoms with Crippen molar-refractivity contribution in [3.63, 3.8) is 0 Å². The Kier molecular flexibility index (Phi) is 6.44. The summed E-state index contributed by atoms with van der Waals surface area (Å²) in [5, 5.41) is 9.35. The smallest absolute Gasteiger partial charge is 0.340 e. The molecular formula is C15H22O3. The van der Waals surface area contributed by atoms with Gasteiger partial charge in [-0.05, 0) is 24.5 Å². The minimum absolute atomic E-state index is 0.406. The first-order valence-corrected chi connectivity index (χ1v) is 6.66. The van der Waals surface area contributed by atoms with Gasteiger partial charge in [-0.3, -0.25) is 0 Å². The van der Waals surface area contributed by atoms with E-state index < -0.39 is 12.3 Å². The van der Waals surface area contributed by atoms with Gasteiger partial charge >= 0.3 is 5.97 Å². The first-order chi connectivity index (χ1) is 8.69. The number of ether oxygens (including phenoxy) is 1. The molecule has 0 saturated heterocycles. The molecule has 0 spiro atoms. The third-order valence-corrected chi connectivity index (χ3v) is 2.88. The van der Waals surface area contributed by atoms with Crippen molar-refractivity contribution in [2.75, 3.05) is 0 Å². The lowest BCUT2D eigenvalue weighted by Crippen LogP contribution is -2.17. The minimum atomic E-state index is -1.01. The number of hydrogen-bond acceptors (Lipinski definition) is 3. The number of aliphatic hydroxyl groups is 1. The summed E-state index contributed by atoms with van der Waals surface area (Å²) in [5.41, 5.74) is 1.57. The van der Waals surface area contributed by atoms with Crippen molar-refractivity contribution < 1.29 is 14.6 Å². The summed E-state index contributed by atoms with van der Waals surface area (Å²) in [6.45, 7) is 3.92. The maximum atomic E-state index is 11.9. The van der Waals surface area contributed by atoms with E-state index in [0.29, 0.717) is 12.0 Å². The van der Waals surface area contributed by atoms with Crippen LogP contribution in [0.1, 0.15) is 55.5 Å². The van der Waals surface area contributed by atoms with E-state index in [0.717, 1.165) is 31.2 Å². The molecule has 1 atom stereocenters. The second kappa shape index (κ2) is 7.88. The molecule has 0 radical (unpaired) electrons. The molecule has 1 aromatic rings. The molecule has 1 N–H and O–H groups in total. The first-order valence-electron chi connectivity index (χ1n) is 6.66. The predicted molar refractivity (Wildman–Crippen MR) is 71.4 cm³/mol. The van der Waals surface area contributed by atoms with Crippen LogP contribution in [0.5, 0.6) is 0 Å². The van der Waals surface area contributed by atoms with Crippen LogP contribution in [0.15, 0.2) is 24.3 Å². The molecule has 1 aromatic carbocycles. The Balaban J connectivity index is 2.71. The Labute approximate surface area is 109 Å². The molecule has 1 unspecified atom stereocenters. The number of carbonyl (C=O) groups excluding carboxylic acids is 1. The van der Waals surface area contributed by atoms with Crippen molar-refractivity contribution in [2.24, 2.45) is 0 Å². The summed E-state index contributed by atoms with van der Waals surface area (Å²) in [5.74, 6) is -0.434. The van der Waals surface area contributed by atoms with Gasteiger partial charge in [0.2, 0.25) is 6.29 Å². The third kappa shape index (κ3) is 4.49. The van der Waals surface area contributed by atoms with Crippen LogP contribution < -0.4 is 0 Å². The van der Waals surface area contributed by atoms with Crippen LogP contribution in [-0.4, -0.2) is 17.4 Å². The normalized spacial score (nSPS) is 12.2. The molecule has 0 aliphatic rings. The molecule has 0 aliphatic heterocycles. The zero-order valence-corrected chi connectivity index (χ0v) is 11.2. The fraction of sp³-hybridized carbons (Fsp3) is 0.533. The van der Waals surface area contributed by atoms with E-state index in [1.807, 2.05) is 18.2 Å². The van der Waals surface area contributed by atoms with Crippen molar-refractivity contribution in [1.29, 1.82) is 0 Å². The average Bonchev–Trinajstić information content (AvgIpc) is 2.39. The highest BCUT2D eigenvalue weighted by Crippen LogP contribution is 2.15. The number of aryl methyl sites for hydroxylation is 1. The van der Waals surface area contributed by atoms with Crippen LogP contribution in [0.4, 0.5) is 0 Å². The van der Waals surface area contributed by atoms with Crippen molar-refractivity contribution in [1.82, 2.24) is 0 Å². The lowest BCUT2D eigenvalue weighted by molar-refractivity contribution is -0.0657. The van der Waals surface area contributed by atoms with Gasteiger partial charge in [0, 0.05) is 6.42 Å². The Morgan fingerprint density at radius 3 is 2.67 bits per heavy atom. The molecule has 0 heterocycles. The summed E-state index contributed by atoms with van der Waals surface area (Å²) in [6, 6.07) is 7.45. The van der Waals surface area contributed by atoms with Gasteiger partial charge in [0.1, 0.15) is 0 Å². The number of benzene rings is 1. The molecule has 0 bridgehead atoms. The van der Waals surface area contributed by atoms with Gasteiger partial charge in [-0.1, -0.05) is 44.9 Å². The van der Waals surface area contributed by atoms with E-state index in [1.54, 1.807) is 13.0 Å². The topological polar surface area (TPSA) is 46.5 Å². The zero-order valence-electron chi connectivity index (χ0n) is 11.2. The van der Waals surface area contributed by atoms with E-state index in [2.05, 4.69) is 6.92 Å². The van der Waals surface area contributed by atoms with Gasteiger partial charge in [0.15, 0.2) is 0 Å². The molecule has 0 aliphatic carbocycles. The summed E-state index contributed by atoms with van der Waals surface area (Å²) in [4.78, 5) is 11.9. The van der Waals surface area contributed by atoms with Gasteiger partial charge in [-0.25, -0.2) is 4.79 Å². The van der Waals surface area contributed by atoms with Crippen LogP contribution in [0.2, 0.25) is 0 Å². The monoisotopic (exact) mass is 250 g/mol. The predicted octanol–water partition coefficient (Wildman–Crippen LogP) is 3.30. The highest BCUT2D eigenvalue weighted by Gasteiger charge is 2.14. The molecule has 0 saturated carbocycles. The highest BCUT2D eigenvalue weighted by atomic mass is 16.6. The number of carbonyl (C=O) groups is 1. The van der Waals surface area contributed by atoms with Crippen molar-refractivity contribution >= 4 is 5.97 Å². The fourth-order valence-electron chi connectivity index (χ4n) is 1.77. The number of esters is 1. The van der Waals surface area contributed by atoms with Crippen LogP contribution in [0, 0.1) is 0 Å². The fourth-order valence-corrected chi connectivity index (χ4v) is 1.77. The van der Waals surface area contributed by atoms with Gasteiger partial charge in [0.25, 0.3) is 0 Å². The maximum absolute atomic E-state index is 11.9. The van der Waals surface area contributed by atoms with E-state index in [9.17, 15) is 9.90 Å². The summed E-state index contributed by atoms with van der Waals surface area (Å²) in [6.07, 6.45) is 3.64. The molecule has 3 heteroatoms. The largest absolute Gasteiger partial charge is 0.432 e. The minimum Gasteiger partial charge on any atom is -0.432 e. The number of unbranched alkanes of at least 4 members (excludes halogenated alkanes) is 2. The molecule has 0 amide bonds. The number of aliphatic hydroxyl groups excluding tert-OH is 1. The van der Waals surface area contributed by atoms with Gasteiger partial charge < -0.3 is 9.84 Å². The molecular weight excluding hydrogens is 228 g/mol. The Morgan fingerprint density at radius 2 is 2.00 bits per heavy atom. The molecule has 1 rings (SSSR count). The van der Waals surface area contributed by atoms with Crippen LogP contribution >= 0.6 is 0 Å². The molecule has 0 fully saturated rings. The highest BCUT2D eigenvalue weighted by molar-refractivity contribution is 5.91. The Bertz CT molecular complexity index is 374. The van der Waals surface area contributed by atoms with Crippen molar-refractivity contribution in [2.45, 2.75) is 52.2 Å². The maximum Gasteiger partial charge on any atom is 0.340 e. The number of hydrogen-bond donors (Lipinski definition) is 1.